The highest BCUT2D eigenvalue weighted by molar-refractivity contribution is 5.91. The molecule has 3 N–H and O–H groups in total. The summed E-state index contributed by atoms with van der Waals surface area (Å²) in [6.45, 7) is 1.56. The maximum Gasteiger partial charge on any atom is 0.165 e. The van der Waals surface area contributed by atoms with E-state index in [1.54, 1.807) is 7.11 Å². The predicted octanol–water partition coefficient (Wildman–Crippen LogP) is 4.32. The molecule has 1 aliphatic rings. The molecule has 32 heavy (non-hydrogen) atoms. The van der Waals surface area contributed by atoms with Crippen molar-refractivity contribution in [3.05, 3.63) is 78.1 Å². The first-order valence-corrected chi connectivity index (χ1v) is 10.5. The van der Waals surface area contributed by atoms with Gasteiger partial charge in [-0.3, -0.25) is 0 Å². The lowest BCUT2D eigenvalue weighted by Gasteiger charge is -2.23. The van der Waals surface area contributed by atoms with Crippen molar-refractivity contribution in [3.63, 3.8) is 0 Å². The molecular formula is C25H23FN4O2. The minimum atomic E-state index is -0.458. The number of para-hydroxylation sites is 2. The van der Waals surface area contributed by atoms with E-state index in [1.807, 2.05) is 42.5 Å². The number of methoxy groups -OCH3 is 1. The first kappa shape index (κ1) is 20.2. The van der Waals surface area contributed by atoms with Gasteiger partial charge in [0.15, 0.2) is 5.82 Å². The fourth-order valence-electron chi connectivity index (χ4n) is 4.30. The van der Waals surface area contributed by atoms with Crippen LogP contribution in [0.2, 0.25) is 0 Å². The van der Waals surface area contributed by atoms with E-state index < -0.39 is 5.82 Å². The Balaban J connectivity index is 1.57. The van der Waals surface area contributed by atoms with E-state index in [2.05, 4.69) is 21.7 Å². The molecule has 0 saturated carbocycles. The summed E-state index contributed by atoms with van der Waals surface area (Å²) in [6, 6.07) is 19.5. The van der Waals surface area contributed by atoms with E-state index in [1.165, 1.54) is 18.2 Å². The largest absolute Gasteiger partial charge is 0.507 e. The van der Waals surface area contributed by atoms with E-state index in [9.17, 15) is 9.50 Å². The summed E-state index contributed by atoms with van der Waals surface area (Å²) in [6.07, 6.45) is 0. The van der Waals surface area contributed by atoms with Crippen LogP contribution in [0.5, 0.6) is 11.5 Å². The number of hydrogen-bond acceptors (Lipinski definition) is 6. The zero-order valence-corrected chi connectivity index (χ0v) is 17.5. The van der Waals surface area contributed by atoms with Crippen molar-refractivity contribution in [1.82, 2.24) is 15.3 Å². The maximum absolute atomic E-state index is 13.9. The normalized spacial score (nSPS) is 18.1. The molecule has 1 aliphatic heterocycles. The Kier molecular flexibility index (Phi) is 5.33. The average molecular weight is 430 g/mol. The Labute approximate surface area is 185 Å². The van der Waals surface area contributed by atoms with Crippen LogP contribution >= 0.6 is 0 Å². The number of halogens is 1. The maximum atomic E-state index is 13.9. The van der Waals surface area contributed by atoms with Crippen molar-refractivity contribution in [1.29, 1.82) is 0 Å². The van der Waals surface area contributed by atoms with Gasteiger partial charge in [-0.05, 0) is 36.4 Å². The van der Waals surface area contributed by atoms with Gasteiger partial charge < -0.3 is 20.5 Å². The molecule has 0 radical (unpaired) electrons. The number of anilines is 1. The van der Waals surface area contributed by atoms with Crippen LogP contribution in [0.15, 0.2) is 66.7 Å². The third kappa shape index (κ3) is 3.71. The highest BCUT2D eigenvalue weighted by Gasteiger charge is 2.31. The number of phenols is 1. The van der Waals surface area contributed by atoms with Crippen molar-refractivity contribution in [2.24, 2.45) is 0 Å². The van der Waals surface area contributed by atoms with Crippen molar-refractivity contribution < 1.29 is 14.2 Å². The van der Waals surface area contributed by atoms with Gasteiger partial charge in [-0.1, -0.05) is 30.3 Å². The minimum Gasteiger partial charge on any atom is -0.507 e. The molecule has 6 nitrogen and oxygen atoms in total. The molecule has 2 atom stereocenters. The molecule has 0 bridgehead atoms. The topological polar surface area (TPSA) is 79.3 Å². The summed E-state index contributed by atoms with van der Waals surface area (Å²) in [4.78, 5) is 9.27. The lowest BCUT2D eigenvalue weighted by atomic mass is 9.93. The molecule has 0 unspecified atom stereocenters. The number of phenolic OH excluding ortho intramolecular Hbond substituents is 1. The summed E-state index contributed by atoms with van der Waals surface area (Å²) < 4.78 is 19.5. The minimum absolute atomic E-state index is 0.0542. The molecule has 162 valence electrons. The summed E-state index contributed by atoms with van der Waals surface area (Å²) in [5.74, 6) is 1.41. The third-order valence-electron chi connectivity index (χ3n) is 5.88. The van der Waals surface area contributed by atoms with E-state index in [0.29, 0.717) is 11.3 Å². The number of aromatic hydroxyl groups is 1. The smallest absolute Gasteiger partial charge is 0.165 e. The van der Waals surface area contributed by atoms with E-state index >= 15 is 0 Å². The van der Waals surface area contributed by atoms with Crippen LogP contribution in [0.1, 0.15) is 11.5 Å². The SMILES string of the molecule is COc1ccccc1[C@H]1CNC[C@@H]1Nc1nc(-c2cc(F)ccc2O)nc2ccccc12. The van der Waals surface area contributed by atoms with Gasteiger partial charge in [-0.25, -0.2) is 14.4 Å². The Morgan fingerprint density at radius 3 is 2.72 bits per heavy atom. The Morgan fingerprint density at radius 1 is 1.03 bits per heavy atom. The van der Waals surface area contributed by atoms with Crippen molar-refractivity contribution >= 4 is 16.7 Å². The van der Waals surface area contributed by atoms with Crippen molar-refractivity contribution in [3.8, 4) is 22.9 Å². The Morgan fingerprint density at radius 2 is 1.84 bits per heavy atom. The molecule has 7 heteroatoms. The van der Waals surface area contributed by atoms with Crippen LogP contribution in [0.25, 0.3) is 22.3 Å². The molecule has 0 amide bonds. The number of hydrogen-bond donors (Lipinski definition) is 3. The summed E-state index contributed by atoms with van der Waals surface area (Å²) in [7, 11) is 1.68. The monoisotopic (exact) mass is 430 g/mol. The second-order valence-electron chi connectivity index (χ2n) is 7.83. The van der Waals surface area contributed by atoms with E-state index in [4.69, 9.17) is 9.72 Å². The van der Waals surface area contributed by atoms with Gasteiger partial charge in [0, 0.05) is 36.0 Å². The van der Waals surface area contributed by atoms with E-state index in [0.717, 1.165) is 29.8 Å². The second-order valence-corrected chi connectivity index (χ2v) is 7.83. The van der Waals surface area contributed by atoms with Crippen molar-refractivity contribution in [2.45, 2.75) is 12.0 Å². The third-order valence-corrected chi connectivity index (χ3v) is 5.88. The van der Waals surface area contributed by atoms with Crippen LogP contribution in [0.4, 0.5) is 10.2 Å². The highest BCUT2D eigenvalue weighted by Crippen LogP contribution is 2.35. The number of benzene rings is 3. The highest BCUT2D eigenvalue weighted by atomic mass is 19.1. The fraction of sp³-hybridized carbons (Fsp3) is 0.200. The molecular weight excluding hydrogens is 407 g/mol. The number of ether oxygens (including phenoxy) is 1. The zero-order chi connectivity index (χ0) is 22.1. The molecule has 2 heterocycles. The lowest BCUT2D eigenvalue weighted by Crippen LogP contribution is -2.28. The van der Waals surface area contributed by atoms with Crippen LogP contribution < -0.4 is 15.4 Å². The van der Waals surface area contributed by atoms with E-state index in [-0.39, 0.29) is 29.1 Å². The molecule has 1 saturated heterocycles. The van der Waals surface area contributed by atoms with Crippen LogP contribution in [-0.2, 0) is 0 Å². The predicted molar refractivity (Wildman–Crippen MR) is 123 cm³/mol. The molecule has 1 fully saturated rings. The first-order valence-electron chi connectivity index (χ1n) is 10.5. The molecule has 3 aromatic carbocycles. The van der Waals surface area contributed by atoms with Gasteiger partial charge >= 0.3 is 0 Å². The Hall–Kier alpha value is -3.71. The van der Waals surface area contributed by atoms with Crippen LogP contribution in [0, 0.1) is 5.82 Å². The first-order chi connectivity index (χ1) is 15.6. The summed E-state index contributed by atoms with van der Waals surface area (Å²) in [5, 5.41) is 18.2. The van der Waals surface area contributed by atoms with Gasteiger partial charge in [-0.15, -0.1) is 0 Å². The van der Waals surface area contributed by atoms with Crippen LogP contribution in [-0.4, -0.2) is 41.3 Å². The van der Waals surface area contributed by atoms with Gasteiger partial charge in [0.25, 0.3) is 0 Å². The van der Waals surface area contributed by atoms with Crippen LogP contribution in [0.3, 0.4) is 0 Å². The second kappa shape index (κ2) is 8.43. The fourth-order valence-corrected chi connectivity index (χ4v) is 4.30. The standard InChI is InChI=1S/C25H23FN4O2/c1-32-23-9-5-3-6-16(23)19-13-27-14-21(19)29-24-17-7-2-4-8-20(17)28-25(30-24)18-12-15(26)10-11-22(18)31/h2-12,19,21,27,31H,13-14H2,1H3,(H,28,29,30)/t19-,21+/m1/s1. The zero-order valence-electron chi connectivity index (χ0n) is 17.5. The molecule has 0 spiro atoms. The summed E-state index contributed by atoms with van der Waals surface area (Å²) in [5.41, 5.74) is 2.09. The number of fused-ring (bicyclic) bond motifs is 1. The Bertz CT molecular complexity index is 1280. The van der Waals surface area contributed by atoms with Gasteiger partial charge in [0.1, 0.15) is 23.1 Å². The number of aromatic nitrogens is 2. The number of rotatable bonds is 5. The molecule has 5 rings (SSSR count). The summed E-state index contributed by atoms with van der Waals surface area (Å²) >= 11 is 0. The molecule has 4 aromatic rings. The number of nitrogens with zero attached hydrogens (tertiary/aromatic N) is 2. The molecule has 1 aromatic heterocycles. The quantitative estimate of drug-likeness (QED) is 0.438. The molecule has 0 aliphatic carbocycles. The average Bonchev–Trinajstić information content (AvgIpc) is 3.28. The van der Waals surface area contributed by atoms with Gasteiger partial charge in [0.05, 0.1) is 18.2 Å². The van der Waals surface area contributed by atoms with Crippen molar-refractivity contribution in [2.75, 3.05) is 25.5 Å². The van der Waals surface area contributed by atoms with Gasteiger partial charge in [-0.2, -0.15) is 0 Å². The number of nitrogens with one attached hydrogen (secondary N) is 2. The van der Waals surface area contributed by atoms with Gasteiger partial charge in [0.2, 0.25) is 0 Å². The lowest BCUT2D eigenvalue weighted by molar-refractivity contribution is 0.405.